The molecule has 0 aliphatic carbocycles. The molecule has 3 aromatic rings. The first-order chi connectivity index (χ1) is 22.5. The van der Waals surface area contributed by atoms with E-state index < -0.39 is 18.1 Å². The minimum Gasteiger partial charge on any atom is -0.482 e. The summed E-state index contributed by atoms with van der Waals surface area (Å²) in [4.78, 5) is 31.9. The summed E-state index contributed by atoms with van der Waals surface area (Å²) in [6, 6.07) is 12.7. The Morgan fingerprint density at radius 2 is 1.67 bits per heavy atom. The van der Waals surface area contributed by atoms with E-state index in [-0.39, 0.29) is 19.4 Å². The zero-order chi connectivity index (χ0) is 30.9. The van der Waals surface area contributed by atoms with Crippen molar-refractivity contribution in [2.45, 2.75) is 70.4 Å². The number of fused-ring (bicyclic) bond motifs is 4. The van der Waals surface area contributed by atoms with E-state index in [0.29, 0.717) is 5.75 Å². The number of aliphatic hydroxyl groups is 1. The summed E-state index contributed by atoms with van der Waals surface area (Å²) in [6.45, 7) is 4.09. The first-order valence-corrected chi connectivity index (χ1v) is 16.9. The third kappa shape index (κ3) is 4.42. The van der Waals surface area contributed by atoms with Crippen LogP contribution in [0.5, 0.6) is 17.2 Å². The number of rotatable bonds is 5. The van der Waals surface area contributed by atoms with E-state index in [1.165, 1.54) is 62.5 Å². The van der Waals surface area contributed by atoms with Gasteiger partial charge >= 0.3 is 5.97 Å². The second-order valence-electron chi connectivity index (χ2n) is 13.4. The number of aliphatic hydroxyl groups excluding tert-OH is 1. The van der Waals surface area contributed by atoms with E-state index in [9.17, 15) is 14.7 Å². The third-order valence-electron chi connectivity index (χ3n) is 10.5. The highest BCUT2D eigenvalue weighted by atomic mass is 16.7. The van der Waals surface area contributed by atoms with Gasteiger partial charge < -0.3 is 24.3 Å². The van der Waals surface area contributed by atoms with Crippen molar-refractivity contribution in [2.24, 2.45) is 0 Å². The van der Waals surface area contributed by atoms with Crippen LogP contribution in [0.4, 0.5) is 5.69 Å². The second kappa shape index (κ2) is 10.9. The summed E-state index contributed by atoms with van der Waals surface area (Å²) >= 11 is 0. The summed E-state index contributed by atoms with van der Waals surface area (Å²) in [5.41, 5.74) is 10.4. The number of hydrogen-bond donors (Lipinski definition) is 1. The maximum Gasteiger partial charge on any atom is 0.369 e. The number of benzene rings is 3. The lowest BCUT2D eigenvalue weighted by Gasteiger charge is -2.39. The van der Waals surface area contributed by atoms with Gasteiger partial charge in [0.25, 0.3) is 5.91 Å². The van der Waals surface area contributed by atoms with Crippen molar-refractivity contribution in [1.29, 1.82) is 0 Å². The lowest BCUT2D eigenvalue weighted by Crippen LogP contribution is -2.45. The molecule has 0 bridgehead atoms. The molecule has 6 aliphatic heterocycles. The summed E-state index contributed by atoms with van der Waals surface area (Å²) in [6.07, 6.45) is 8.13. The minimum atomic E-state index is -1.11. The van der Waals surface area contributed by atoms with Gasteiger partial charge in [0.05, 0.1) is 5.56 Å². The smallest absolute Gasteiger partial charge is 0.369 e. The largest absolute Gasteiger partial charge is 0.482 e. The highest BCUT2D eigenvalue weighted by Crippen LogP contribution is 2.48. The van der Waals surface area contributed by atoms with Crippen LogP contribution in [0.1, 0.15) is 71.9 Å². The van der Waals surface area contributed by atoms with Crippen molar-refractivity contribution in [1.82, 2.24) is 9.64 Å². The normalized spacial score (nSPS) is 20.8. The van der Waals surface area contributed by atoms with Crippen LogP contribution in [0.2, 0.25) is 0 Å². The highest BCUT2D eigenvalue weighted by molar-refractivity contribution is 5.89. The number of nitrogens with zero attached hydrogens (tertiary/aromatic N) is 3. The summed E-state index contributed by atoms with van der Waals surface area (Å²) in [7, 11) is 0. The lowest BCUT2D eigenvalue weighted by atomic mass is 9.82. The SMILES string of the molecule is O=C(COc1ccc(C2=c3cc4c5c(c3Oc3c2cc2c6c3CCCN6CCC2)CCC[N+]=5CCC4)cc1)ON1C(=O)CCC1O. The third-order valence-corrected chi connectivity index (χ3v) is 10.5. The number of amides is 1. The number of ether oxygens (including phenoxy) is 2. The van der Waals surface area contributed by atoms with E-state index in [2.05, 4.69) is 33.7 Å². The quantitative estimate of drug-likeness (QED) is 0.343. The van der Waals surface area contributed by atoms with Gasteiger partial charge in [-0.05, 0) is 73.9 Å². The Labute approximate surface area is 267 Å². The molecule has 0 spiro atoms. The van der Waals surface area contributed by atoms with Crippen LogP contribution in [0.15, 0.2) is 36.4 Å². The van der Waals surface area contributed by atoms with Crippen LogP contribution in [-0.4, -0.2) is 61.1 Å². The first-order valence-electron chi connectivity index (χ1n) is 16.9. The van der Waals surface area contributed by atoms with E-state index in [1.54, 1.807) is 0 Å². The van der Waals surface area contributed by atoms with Gasteiger partial charge in [-0.1, -0.05) is 12.1 Å². The number of hydrogen-bond acceptors (Lipinski definition) is 7. The maximum atomic E-state index is 12.4. The lowest BCUT2D eigenvalue weighted by molar-refractivity contribution is -0.221. The van der Waals surface area contributed by atoms with E-state index in [4.69, 9.17) is 14.3 Å². The summed E-state index contributed by atoms with van der Waals surface area (Å²) < 4.78 is 15.5. The monoisotopic (exact) mass is 620 g/mol. The molecule has 236 valence electrons. The molecule has 0 aromatic heterocycles. The Hall–Kier alpha value is -4.37. The van der Waals surface area contributed by atoms with Crippen molar-refractivity contribution in [3.63, 3.8) is 0 Å². The second-order valence-corrected chi connectivity index (χ2v) is 13.4. The van der Waals surface area contributed by atoms with Crippen molar-refractivity contribution < 1.29 is 29.0 Å². The van der Waals surface area contributed by atoms with Gasteiger partial charge in [0, 0.05) is 71.9 Å². The number of carbonyl (C=O) groups excluding carboxylic acids is 2. The van der Waals surface area contributed by atoms with Gasteiger partial charge in [-0.2, -0.15) is 0 Å². The molecule has 3 aromatic carbocycles. The Bertz CT molecular complexity index is 1930. The van der Waals surface area contributed by atoms with Crippen LogP contribution in [0.3, 0.4) is 0 Å². The fraction of sp³-hybridized carbons (Fsp3) is 0.432. The summed E-state index contributed by atoms with van der Waals surface area (Å²) in [5.74, 6) is 1.43. The molecule has 1 fully saturated rings. The molecule has 9 rings (SSSR count). The van der Waals surface area contributed by atoms with Gasteiger partial charge in [-0.25, -0.2) is 9.37 Å². The molecule has 0 saturated carbocycles. The molecule has 1 N–H and O–H groups in total. The number of hydroxylamine groups is 2. The number of anilines is 1. The molecule has 9 heteroatoms. The molecule has 1 atom stereocenters. The minimum absolute atomic E-state index is 0.151. The maximum absolute atomic E-state index is 12.4. The van der Waals surface area contributed by atoms with Crippen molar-refractivity contribution in [3.8, 4) is 17.2 Å². The Balaban J connectivity index is 1.14. The van der Waals surface area contributed by atoms with Crippen LogP contribution in [0, 0.1) is 0 Å². The molecular formula is C37H38N3O6+. The zero-order valence-corrected chi connectivity index (χ0v) is 26.0. The van der Waals surface area contributed by atoms with E-state index in [1.807, 2.05) is 12.1 Å². The predicted octanol–water partition coefficient (Wildman–Crippen LogP) is 2.90. The Morgan fingerprint density at radius 3 is 2.48 bits per heavy atom. The molecule has 6 aliphatic rings. The standard InChI is InChI=1S/C37H38N3O6/c41-30-13-14-31(42)40(30)46-32(43)21-44-25-11-9-22(10-12-25)33-28-19-23-5-1-15-38-17-3-7-26(34(23)38)36(28)45-37-27-8-4-18-39-16-2-6-24(35(27)39)20-29(33)37/h9-12,19-20,30,41H,1-8,13-18,21H2/q+1. The average Bonchev–Trinajstić information content (AvgIpc) is 3.40. The van der Waals surface area contributed by atoms with Crippen molar-refractivity contribution >= 4 is 23.1 Å². The highest BCUT2D eigenvalue weighted by Gasteiger charge is 2.36. The van der Waals surface area contributed by atoms with Crippen LogP contribution < -0.4 is 29.5 Å². The average molecular weight is 621 g/mol. The van der Waals surface area contributed by atoms with Gasteiger partial charge in [0.1, 0.15) is 30.3 Å². The molecule has 46 heavy (non-hydrogen) atoms. The van der Waals surface area contributed by atoms with Crippen LogP contribution >= 0.6 is 0 Å². The molecule has 1 amide bonds. The topological polar surface area (TPSA) is 91.6 Å². The van der Waals surface area contributed by atoms with E-state index >= 15 is 0 Å². The Kier molecular flexibility index (Phi) is 6.59. The van der Waals surface area contributed by atoms with Crippen LogP contribution in [0.25, 0.3) is 5.57 Å². The number of carbonyl (C=O) groups is 2. The fourth-order valence-electron chi connectivity index (χ4n) is 8.58. The van der Waals surface area contributed by atoms with Crippen molar-refractivity contribution in [3.05, 3.63) is 80.4 Å². The number of aryl methyl sites for hydroxylation is 2. The molecular weight excluding hydrogens is 582 g/mol. The van der Waals surface area contributed by atoms with E-state index in [0.717, 1.165) is 86.8 Å². The first kappa shape index (κ1) is 27.9. The van der Waals surface area contributed by atoms with Gasteiger partial charge in [0.2, 0.25) is 5.36 Å². The fourth-order valence-corrected chi connectivity index (χ4v) is 8.58. The molecule has 1 saturated heterocycles. The van der Waals surface area contributed by atoms with Crippen molar-refractivity contribution in [2.75, 3.05) is 37.7 Å². The van der Waals surface area contributed by atoms with Gasteiger partial charge in [-0.3, -0.25) is 4.79 Å². The molecule has 0 radical (unpaired) electrons. The van der Waals surface area contributed by atoms with Gasteiger partial charge in [-0.15, -0.1) is 5.06 Å². The summed E-state index contributed by atoms with van der Waals surface area (Å²) in [5, 5.41) is 13.2. The van der Waals surface area contributed by atoms with Crippen LogP contribution in [-0.2, 0) is 40.1 Å². The Morgan fingerprint density at radius 1 is 0.913 bits per heavy atom. The molecule has 9 nitrogen and oxygen atoms in total. The van der Waals surface area contributed by atoms with Gasteiger partial charge in [0.15, 0.2) is 12.8 Å². The predicted molar refractivity (Wildman–Crippen MR) is 170 cm³/mol. The molecule has 1 unspecified atom stereocenters. The molecule has 6 heterocycles. The zero-order valence-electron chi connectivity index (χ0n) is 26.0.